The van der Waals surface area contributed by atoms with Crippen molar-refractivity contribution < 1.29 is 19.1 Å². The number of nitrogens with zero attached hydrogens (tertiary/aromatic N) is 1. The molecule has 0 atom stereocenters. The second-order valence-electron chi connectivity index (χ2n) is 6.44. The number of esters is 1. The summed E-state index contributed by atoms with van der Waals surface area (Å²) >= 11 is 0. The van der Waals surface area contributed by atoms with Crippen molar-refractivity contribution in [3.63, 3.8) is 0 Å². The van der Waals surface area contributed by atoms with E-state index >= 15 is 0 Å². The number of carbonyl (C=O) groups excluding carboxylic acids is 2. The molecule has 146 valence electrons. The van der Waals surface area contributed by atoms with Crippen molar-refractivity contribution in [1.29, 1.82) is 0 Å². The first kappa shape index (κ1) is 20.6. The molecule has 0 radical (unpaired) electrons. The van der Waals surface area contributed by atoms with E-state index in [0.29, 0.717) is 31.7 Å². The number of nitrogens with one attached hydrogen (secondary N) is 1. The van der Waals surface area contributed by atoms with Crippen LogP contribution in [0, 0.1) is 13.8 Å². The summed E-state index contributed by atoms with van der Waals surface area (Å²) in [4.78, 5) is 24.4. The van der Waals surface area contributed by atoms with E-state index in [0.717, 1.165) is 28.1 Å². The first-order valence-corrected chi connectivity index (χ1v) is 9.10. The molecule has 6 heteroatoms. The molecule has 0 saturated carbocycles. The van der Waals surface area contributed by atoms with Crippen LogP contribution in [-0.2, 0) is 29.5 Å². The molecule has 0 bridgehead atoms. The molecular weight excluding hydrogens is 344 g/mol. The monoisotopic (exact) mass is 372 g/mol. The Morgan fingerprint density at radius 2 is 1.81 bits per heavy atom. The van der Waals surface area contributed by atoms with Gasteiger partial charge in [0.1, 0.15) is 11.4 Å². The van der Waals surface area contributed by atoms with Crippen LogP contribution in [0.3, 0.4) is 0 Å². The van der Waals surface area contributed by atoms with E-state index in [2.05, 4.69) is 5.32 Å². The fourth-order valence-electron chi connectivity index (χ4n) is 3.16. The fraction of sp³-hybridized carbons (Fsp3) is 0.429. The van der Waals surface area contributed by atoms with Gasteiger partial charge in [-0.25, -0.2) is 4.79 Å². The van der Waals surface area contributed by atoms with E-state index in [4.69, 9.17) is 9.47 Å². The van der Waals surface area contributed by atoms with E-state index < -0.39 is 0 Å². The zero-order valence-electron chi connectivity index (χ0n) is 16.7. The lowest BCUT2D eigenvalue weighted by Gasteiger charge is -2.07. The highest BCUT2D eigenvalue weighted by Crippen LogP contribution is 2.23. The molecule has 0 unspecified atom stereocenters. The number of carbonyl (C=O) groups is 2. The molecule has 1 aromatic heterocycles. The van der Waals surface area contributed by atoms with Gasteiger partial charge in [-0.2, -0.15) is 0 Å². The van der Waals surface area contributed by atoms with E-state index in [9.17, 15) is 9.59 Å². The summed E-state index contributed by atoms with van der Waals surface area (Å²) in [6.07, 6.45) is 0.948. The maximum absolute atomic E-state index is 12.2. The molecule has 2 aromatic rings. The molecule has 0 aliphatic carbocycles. The number of ether oxygens (including phenoxy) is 2. The highest BCUT2D eigenvalue weighted by atomic mass is 16.5. The number of aromatic nitrogens is 1. The van der Waals surface area contributed by atoms with Gasteiger partial charge in [-0.1, -0.05) is 12.1 Å². The second kappa shape index (κ2) is 9.26. The number of benzene rings is 1. The molecule has 6 nitrogen and oxygen atoms in total. The zero-order chi connectivity index (χ0) is 20.0. The normalized spacial score (nSPS) is 10.6. The average Bonchev–Trinajstić information content (AvgIpc) is 2.87. The topological polar surface area (TPSA) is 69.6 Å². The molecule has 1 N–H and O–H groups in total. The molecule has 2 rings (SSSR count). The largest absolute Gasteiger partial charge is 0.497 e. The summed E-state index contributed by atoms with van der Waals surface area (Å²) in [5.74, 6) is 0.444. The summed E-state index contributed by atoms with van der Waals surface area (Å²) in [5.41, 5.74) is 4.47. The molecular formula is C21H28N2O4. The summed E-state index contributed by atoms with van der Waals surface area (Å²) in [5, 5.41) is 2.93. The lowest BCUT2D eigenvalue weighted by atomic mass is 10.0. The van der Waals surface area contributed by atoms with Crippen LogP contribution >= 0.6 is 0 Å². The van der Waals surface area contributed by atoms with Gasteiger partial charge in [0, 0.05) is 25.7 Å². The van der Waals surface area contributed by atoms with Gasteiger partial charge in [0.2, 0.25) is 5.91 Å². The third-order valence-corrected chi connectivity index (χ3v) is 4.80. The average molecular weight is 372 g/mol. The summed E-state index contributed by atoms with van der Waals surface area (Å²) in [6.45, 7) is 6.47. The highest BCUT2D eigenvalue weighted by molar-refractivity contribution is 5.90. The lowest BCUT2D eigenvalue weighted by molar-refractivity contribution is -0.121. The number of rotatable bonds is 8. The molecule has 0 aliphatic rings. The molecule has 1 heterocycles. The van der Waals surface area contributed by atoms with Crippen LogP contribution in [0.2, 0.25) is 0 Å². The van der Waals surface area contributed by atoms with Crippen LogP contribution in [-0.4, -0.2) is 30.2 Å². The number of amides is 1. The maximum Gasteiger partial charge on any atom is 0.355 e. The summed E-state index contributed by atoms with van der Waals surface area (Å²) < 4.78 is 12.1. The molecule has 27 heavy (non-hydrogen) atoms. The van der Waals surface area contributed by atoms with Gasteiger partial charge in [0.05, 0.1) is 13.7 Å². The van der Waals surface area contributed by atoms with Crippen molar-refractivity contribution in [2.24, 2.45) is 7.05 Å². The quantitative estimate of drug-likeness (QED) is 0.723. The minimum atomic E-state index is -0.323. The minimum Gasteiger partial charge on any atom is -0.497 e. The standard InChI is InChI=1S/C21H28N2O4/c1-6-27-21(25)20-14(2)18(15(3)23(20)4)11-12-19(24)22-13-16-7-9-17(26-5)10-8-16/h7-10H,6,11-13H2,1-5H3,(H,22,24). The van der Waals surface area contributed by atoms with Gasteiger partial charge >= 0.3 is 5.97 Å². The van der Waals surface area contributed by atoms with Crippen molar-refractivity contribution in [2.75, 3.05) is 13.7 Å². The Labute approximate surface area is 160 Å². The SMILES string of the molecule is CCOC(=O)c1c(C)c(CCC(=O)NCc2ccc(OC)cc2)c(C)n1C. The summed E-state index contributed by atoms with van der Waals surface area (Å²) in [7, 11) is 3.47. The van der Waals surface area contributed by atoms with Gasteiger partial charge in [0.25, 0.3) is 0 Å². The Morgan fingerprint density at radius 3 is 2.41 bits per heavy atom. The van der Waals surface area contributed by atoms with E-state index in [1.807, 2.05) is 49.7 Å². The van der Waals surface area contributed by atoms with Crippen LogP contribution in [0.5, 0.6) is 5.75 Å². The predicted molar refractivity (Wildman–Crippen MR) is 104 cm³/mol. The van der Waals surface area contributed by atoms with E-state index in [1.165, 1.54) is 0 Å². The third kappa shape index (κ3) is 4.90. The Balaban J connectivity index is 1.96. The van der Waals surface area contributed by atoms with Crippen molar-refractivity contribution in [1.82, 2.24) is 9.88 Å². The highest BCUT2D eigenvalue weighted by Gasteiger charge is 2.21. The predicted octanol–water partition coefficient (Wildman–Crippen LogP) is 3.08. The maximum atomic E-state index is 12.2. The van der Waals surface area contributed by atoms with Crippen molar-refractivity contribution in [2.45, 2.75) is 40.2 Å². The molecule has 0 saturated heterocycles. The Kier molecular flexibility index (Phi) is 7.05. The zero-order valence-corrected chi connectivity index (χ0v) is 16.7. The molecule has 0 spiro atoms. The van der Waals surface area contributed by atoms with Gasteiger partial charge in [-0.15, -0.1) is 0 Å². The number of hydrogen-bond donors (Lipinski definition) is 1. The van der Waals surface area contributed by atoms with Gasteiger partial charge in [0.15, 0.2) is 0 Å². The minimum absolute atomic E-state index is 0.0221. The van der Waals surface area contributed by atoms with Gasteiger partial charge in [-0.3, -0.25) is 4.79 Å². The van der Waals surface area contributed by atoms with Crippen molar-refractivity contribution in [3.8, 4) is 5.75 Å². The lowest BCUT2D eigenvalue weighted by Crippen LogP contribution is -2.23. The van der Waals surface area contributed by atoms with Crippen LogP contribution in [0.25, 0.3) is 0 Å². The van der Waals surface area contributed by atoms with Crippen LogP contribution in [0.1, 0.15) is 46.2 Å². The van der Waals surface area contributed by atoms with Crippen LogP contribution in [0.4, 0.5) is 0 Å². The van der Waals surface area contributed by atoms with Gasteiger partial charge < -0.3 is 19.4 Å². The van der Waals surface area contributed by atoms with Gasteiger partial charge in [-0.05, 0) is 56.0 Å². The Morgan fingerprint density at radius 1 is 1.15 bits per heavy atom. The first-order valence-electron chi connectivity index (χ1n) is 9.10. The molecule has 0 fully saturated rings. The van der Waals surface area contributed by atoms with Crippen molar-refractivity contribution >= 4 is 11.9 Å². The first-order chi connectivity index (χ1) is 12.9. The van der Waals surface area contributed by atoms with Crippen LogP contribution < -0.4 is 10.1 Å². The third-order valence-electron chi connectivity index (χ3n) is 4.80. The fourth-order valence-corrected chi connectivity index (χ4v) is 3.16. The van der Waals surface area contributed by atoms with E-state index in [1.54, 1.807) is 14.0 Å². The number of methoxy groups -OCH3 is 1. The smallest absolute Gasteiger partial charge is 0.355 e. The summed E-state index contributed by atoms with van der Waals surface area (Å²) in [6, 6.07) is 7.59. The number of hydrogen-bond acceptors (Lipinski definition) is 4. The van der Waals surface area contributed by atoms with E-state index in [-0.39, 0.29) is 11.9 Å². The van der Waals surface area contributed by atoms with Crippen LogP contribution in [0.15, 0.2) is 24.3 Å². The Hall–Kier alpha value is -2.76. The molecule has 1 aromatic carbocycles. The Bertz CT molecular complexity index is 807. The molecule has 1 amide bonds. The second-order valence-corrected chi connectivity index (χ2v) is 6.44. The molecule has 0 aliphatic heterocycles. The van der Waals surface area contributed by atoms with Crippen molar-refractivity contribution in [3.05, 3.63) is 52.3 Å².